The van der Waals surface area contributed by atoms with Crippen LogP contribution in [0, 0.1) is 6.92 Å². The Balaban J connectivity index is 1.71. The molecule has 1 heterocycles. The van der Waals surface area contributed by atoms with E-state index in [1.54, 1.807) is 5.56 Å². The number of hydrogen-bond acceptors (Lipinski definition) is 3. The van der Waals surface area contributed by atoms with E-state index in [4.69, 9.17) is 9.47 Å². The molecule has 0 unspecified atom stereocenters. The summed E-state index contributed by atoms with van der Waals surface area (Å²) in [7, 11) is 1.84. The molecule has 2 aliphatic rings. The second-order valence-electron chi connectivity index (χ2n) is 6.65. The van der Waals surface area contributed by atoms with Gasteiger partial charge in [-0.25, -0.2) is 0 Å². The zero-order valence-electron chi connectivity index (χ0n) is 13.4. The highest BCUT2D eigenvalue weighted by atomic mass is 16.5. The third kappa shape index (κ3) is 2.87. The Morgan fingerprint density at radius 2 is 2.10 bits per heavy atom. The van der Waals surface area contributed by atoms with Crippen LogP contribution in [0.3, 0.4) is 0 Å². The third-order valence-electron chi connectivity index (χ3n) is 5.32. The summed E-state index contributed by atoms with van der Waals surface area (Å²) in [5.41, 5.74) is 4.42. The maximum Gasteiger partial charge on any atom is 0.0846 e. The summed E-state index contributed by atoms with van der Waals surface area (Å²) < 4.78 is 11.3. The minimum Gasteiger partial charge on any atom is -0.381 e. The van der Waals surface area contributed by atoms with E-state index in [9.17, 15) is 0 Å². The van der Waals surface area contributed by atoms with Crippen LogP contribution in [-0.2, 0) is 9.47 Å². The van der Waals surface area contributed by atoms with Crippen molar-refractivity contribution in [3.63, 3.8) is 0 Å². The van der Waals surface area contributed by atoms with E-state index >= 15 is 0 Å². The summed E-state index contributed by atoms with van der Waals surface area (Å²) in [4.78, 5) is 0. The molecule has 1 saturated heterocycles. The maximum absolute atomic E-state index is 5.83. The Hall–Kier alpha value is -0.900. The van der Waals surface area contributed by atoms with E-state index in [-0.39, 0.29) is 5.60 Å². The van der Waals surface area contributed by atoms with Gasteiger partial charge in [0.2, 0.25) is 0 Å². The molecule has 3 nitrogen and oxygen atoms in total. The van der Waals surface area contributed by atoms with Crippen molar-refractivity contribution in [1.82, 2.24) is 5.32 Å². The molecule has 21 heavy (non-hydrogen) atoms. The van der Waals surface area contributed by atoms with E-state index in [1.807, 2.05) is 7.11 Å². The average Bonchev–Trinajstić information content (AvgIpc) is 2.84. The first-order valence-corrected chi connectivity index (χ1v) is 8.11. The number of methoxy groups -OCH3 is 1. The van der Waals surface area contributed by atoms with Crippen LogP contribution in [0.5, 0.6) is 0 Å². The molecule has 1 aliphatic carbocycles. The molecule has 1 aromatic carbocycles. The summed E-state index contributed by atoms with van der Waals surface area (Å²) in [5.74, 6) is 0.645. The zero-order valence-corrected chi connectivity index (χ0v) is 13.4. The zero-order chi connectivity index (χ0) is 14.9. The van der Waals surface area contributed by atoms with Gasteiger partial charge >= 0.3 is 0 Å². The SMILES string of the molecule is COC1(CN[C@@H]2C[C@H](C)c3c(C)cccc32)CCOCC1. The lowest BCUT2D eigenvalue weighted by molar-refractivity contribution is -0.0887. The molecule has 1 fully saturated rings. The van der Waals surface area contributed by atoms with Gasteiger partial charge in [-0.2, -0.15) is 0 Å². The molecule has 2 atom stereocenters. The van der Waals surface area contributed by atoms with Crippen LogP contribution in [0.2, 0.25) is 0 Å². The van der Waals surface area contributed by atoms with Gasteiger partial charge in [-0.3, -0.25) is 0 Å². The lowest BCUT2D eigenvalue weighted by Crippen LogP contribution is -2.47. The van der Waals surface area contributed by atoms with Gasteiger partial charge in [-0.1, -0.05) is 25.1 Å². The number of aryl methyl sites for hydroxylation is 1. The first kappa shape index (κ1) is 15.0. The highest BCUT2D eigenvalue weighted by Gasteiger charge is 2.35. The molecule has 0 bridgehead atoms. The fraction of sp³-hybridized carbons (Fsp3) is 0.667. The standard InChI is InChI=1S/C18H27NO2/c1-13-5-4-6-15-16(11-14(2)17(13)15)19-12-18(20-3)7-9-21-10-8-18/h4-6,14,16,19H,7-12H2,1-3H3/t14-,16+/m0/s1. The highest BCUT2D eigenvalue weighted by molar-refractivity contribution is 5.43. The maximum atomic E-state index is 5.83. The highest BCUT2D eigenvalue weighted by Crippen LogP contribution is 2.41. The molecule has 1 aromatic rings. The van der Waals surface area contributed by atoms with Crippen LogP contribution in [-0.4, -0.2) is 32.5 Å². The number of fused-ring (bicyclic) bond motifs is 1. The van der Waals surface area contributed by atoms with Gasteiger partial charge in [0.1, 0.15) is 0 Å². The van der Waals surface area contributed by atoms with Crippen molar-refractivity contribution in [1.29, 1.82) is 0 Å². The molecule has 3 rings (SSSR count). The van der Waals surface area contributed by atoms with Crippen molar-refractivity contribution < 1.29 is 9.47 Å². The van der Waals surface area contributed by atoms with Gasteiger partial charge in [0.25, 0.3) is 0 Å². The van der Waals surface area contributed by atoms with Crippen molar-refractivity contribution in [3.05, 3.63) is 34.9 Å². The lowest BCUT2D eigenvalue weighted by Gasteiger charge is -2.37. The van der Waals surface area contributed by atoms with Gasteiger partial charge in [0.05, 0.1) is 5.60 Å². The molecule has 0 saturated carbocycles. The smallest absolute Gasteiger partial charge is 0.0846 e. The van der Waals surface area contributed by atoms with Gasteiger partial charge in [0, 0.05) is 45.8 Å². The summed E-state index contributed by atoms with van der Waals surface area (Å²) in [5, 5.41) is 3.78. The van der Waals surface area contributed by atoms with E-state index in [0.717, 1.165) is 32.6 Å². The Bertz CT molecular complexity index is 494. The minimum atomic E-state index is -0.0476. The van der Waals surface area contributed by atoms with E-state index < -0.39 is 0 Å². The first-order valence-electron chi connectivity index (χ1n) is 8.11. The van der Waals surface area contributed by atoms with E-state index in [0.29, 0.717) is 12.0 Å². The number of rotatable bonds is 4. The fourth-order valence-corrected chi connectivity index (χ4v) is 3.98. The molecule has 0 amide bonds. The molecule has 1 N–H and O–H groups in total. The van der Waals surface area contributed by atoms with Crippen LogP contribution < -0.4 is 5.32 Å². The van der Waals surface area contributed by atoms with Crippen molar-refractivity contribution in [3.8, 4) is 0 Å². The number of hydrogen-bond donors (Lipinski definition) is 1. The number of nitrogens with one attached hydrogen (secondary N) is 1. The Labute approximate surface area is 128 Å². The summed E-state index contributed by atoms with van der Waals surface area (Å²) >= 11 is 0. The normalized spacial score (nSPS) is 27.6. The molecular weight excluding hydrogens is 262 g/mol. The predicted octanol–water partition coefficient (Wildman–Crippen LogP) is 3.33. The quantitative estimate of drug-likeness (QED) is 0.922. The minimum absolute atomic E-state index is 0.0476. The number of ether oxygens (including phenoxy) is 2. The van der Waals surface area contributed by atoms with Crippen LogP contribution in [0.15, 0.2) is 18.2 Å². The van der Waals surface area contributed by atoms with E-state index in [1.165, 1.54) is 17.5 Å². The lowest BCUT2D eigenvalue weighted by atomic mass is 9.93. The molecule has 0 radical (unpaired) electrons. The third-order valence-corrected chi connectivity index (χ3v) is 5.32. The largest absolute Gasteiger partial charge is 0.381 e. The molecule has 116 valence electrons. The molecule has 0 spiro atoms. The molecule has 1 aliphatic heterocycles. The molecule has 3 heteroatoms. The van der Waals surface area contributed by atoms with E-state index in [2.05, 4.69) is 37.4 Å². The average molecular weight is 289 g/mol. The first-order chi connectivity index (χ1) is 10.2. The predicted molar refractivity (Wildman–Crippen MR) is 84.7 cm³/mol. The Kier molecular flexibility index (Phi) is 4.34. The van der Waals surface area contributed by atoms with Crippen molar-refractivity contribution in [2.45, 2.75) is 50.7 Å². The Morgan fingerprint density at radius 1 is 1.33 bits per heavy atom. The van der Waals surface area contributed by atoms with Gasteiger partial charge in [-0.15, -0.1) is 0 Å². The van der Waals surface area contributed by atoms with Crippen molar-refractivity contribution in [2.24, 2.45) is 0 Å². The topological polar surface area (TPSA) is 30.5 Å². The molecular formula is C18H27NO2. The second-order valence-corrected chi connectivity index (χ2v) is 6.65. The van der Waals surface area contributed by atoms with Gasteiger partial charge in [0.15, 0.2) is 0 Å². The van der Waals surface area contributed by atoms with Crippen LogP contribution >= 0.6 is 0 Å². The van der Waals surface area contributed by atoms with Crippen LogP contribution in [0.1, 0.15) is 54.8 Å². The van der Waals surface area contributed by atoms with Crippen LogP contribution in [0.25, 0.3) is 0 Å². The van der Waals surface area contributed by atoms with Gasteiger partial charge < -0.3 is 14.8 Å². The second kappa shape index (κ2) is 6.07. The van der Waals surface area contributed by atoms with Crippen molar-refractivity contribution >= 4 is 0 Å². The Morgan fingerprint density at radius 3 is 2.81 bits per heavy atom. The fourth-order valence-electron chi connectivity index (χ4n) is 3.98. The summed E-state index contributed by atoms with van der Waals surface area (Å²) in [6, 6.07) is 7.16. The monoisotopic (exact) mass is 289 g/mol. The summed E-state index contributed by atoms with van der Waals surface area (Å²) in [6.45, 7) is 7.11. The van der Waals surface area contributed by atoms with Gasteiger partial charge in [-0.05, 0) is 36.0 Å². The molecule has 0 aromatic heterocycles. The van der Waals surface area contributed by atoms with Crippen LogP contribution in [0.4, 0.5) is 0 Å². The van der Waals surface area contributed by atoms with Crippen molar-refractivity contribution in [2.75, 3.05) is 26.9 Å². The number of benzene rings is 1. The summed E-state index contributed by atoms with van der Waals surface area (Å²) in [6.07, 6.45) is 3.16.